The van der Waals surface area contributed by atoms with Crippen LogP contribution in [0.4, 0.5) is 0 Å². The van der Waals surface area contributed by atoms with Crippen molar-refractivity contribution in [2.24, 2.45) is 5.41 Å². The van der Waals surface area contributed by atoms with Crippen LogP contribution in [0.1, 0.15) is 78.9 Å². The lowest BCUT2D eigenvalue weighted by Gasteiger charge is -2.48. The summed E-state index contributed by atoms with van der Waals surface area (Å²) < 4.78 is 2.56. The van der Waals surface area contributed by atoms with E-state index in [1.54, 1.807) is 5.57 Å². The van der Waals surface area contributed by atoms with Gasteiger partial charge < -0.3 is 0 Å². The lowest BCUT2D eigenvalue weighted by atomic mass is 9.55. The van der Waals surface area contributed by atoms with Gasteiger partial charge in [-0.05, 0) is 84.1 Å². The van der Waals surface area contributed by atoms with Crippen LogP contribution in [0.5, 0.6) is 0 Å². The molecule has 43 heavy (non-hydrogen) atoms. The first-order valence-electron chi connectivity index (χ1n) is 15.3. The predicted molar refractivity (Wildman–Crippen MR) is 193 cm³/mol. The molecule has 3 unspecified atom stereocenters. The normalized spacial score (nSPS) is 20.5. The minimum Gasteiger partial charge on any atom is -0.241 e. The molecule has 0 amide bonds. The van der Waals surface area contributed by atoms with E-state index in [9.17, 15) is 0 Å². The van der Waals surface area contributed by atoms with Gasteiger partial charge in [0, 0.05) is 27.9 Å². The molecule has 7 rings (SSSR count). The minimum absolute atomic E-state index is 0.0268. The van der Waals surface area contributed by atoms with Gasteiger partial charge in [0.25, 0.3) is 0 Å². The molecule has 0 aliphatic heterocycles. The molecule has 0 saturated carbocycles. The Hall–Kier alpha value is -2.12. The smallest absolute Gasteiger partial charge is 0.0981 e. The zero-order valence-electron chi connectivity index (χ0n) is 24.7. The second kappa shape index (κ2) is 12.0. The molecule has 0 radical (unpaired) electrons. The third-order valence-corrected chi connectivity index (χ3v) is 12.9. The Kier molecular flexibility index (Phi) is 8.26. The summed E-state index contributed by atoms with van der Waals surface area (Å²) in [5, 5.41) is 4.48. The fourth-order valence-corrected chi connectivity index (χ4v) is 11.0. The van der Waals surface area contributed by atoms with Crippen LogP contribution in [0.25, 0.3) is 26.0 Å². The van der Waals surface area contributed by atoms with Gasteiger partial charge in [0.2, 0.25) is 0 Å². The molecule has 5 aromatic rings. The topological polar surface area (TPSA) is 25.8 Å². The number of para-hydroxylation sites is 2. The number of alkyl halides is 2. The van der Waals surface area contributed by atoms with Crippen LogP contribution in [0, 0.1) is 5.41 Å². The Bertz CT molecular complexity index is 1780. The average molecular weight is 733 g/mol. The van der Waals surface area contributed by atoms with Crippen molar-refractivity contribution in [3.63, 3.8) is 0 Å². The van der Waals surface area contributed by atoms with E-state index in [1.165, 1.54) is 36.1 Å². The SMILES string of the molecule is CC1(C)CC=CC2=C1C(CC(CCBr)c1nc3ccccc3s1)(C(CCCBr)c1nc3ccccc3s1)c1ccccc12. The molecule has 2 aromatic heterocycles. The van der Waals surface area contributed by atoms with E-state index in [0.29, 0.717) is 5.92 Å². The Morgan fingerprint density at radius 2 is 1.44 bits per heavy atom. The van der Waals surface area contributed by atoms with Crippen molar-refractivity contribution in [3.05, 3.63) is 112 Å². The van der Waals surface area contributed by atoms with Gasteiger partial charge in [-0.15, -0.1) is 22.7 Å². The maximum absolute atomic E-state index is 5.41. The highest BCUT2D eigenvalue weighted by Crippen LogP contribution is 2.65. The lowest BCUT2D eigenvalue weighted by molar-refractivity contribution is 0.270. The van der Waals surface area contributed by atoms with Crippen molar-refractivity contribution < 1.29 is 0 Å². The molecule has 2 aliphatic carbocycles. The number of nitrogens with zero attached hydrogens (tertiary/aromatic N) is 2. The van der Waals surface area contributed by atoms with Gasteiger partial charge >= 0.3 is 0 Å². The van der Waals surface area contributed by atoms with Crippen LogP contribution < -0.4 is 0 Å². The van der Waals surface area contributed by atoms with Crippen molar-refractivity contribution >= 4 is 80.5 Å². The zero-order chi connectivity index (χ0) is 29.6. The number of allylic oxidation sites excluding steroid dienone is 4. The van der Waals surface area contributed by atoms with Gasteiger partial charge in [0.1, 0.15) is 0 Å². The van der Waals surface area contributed by atoms with Gasteiger partial charge in [0.05, 0.1) is 30.4 Å². The number of thiazole rings is 2. The van der Waals surface area contributed by atoms with Crippen LogP contribution in [0.15, 0.2) is 90.5 Å². The van der Waals surface area contributed by atoms with Gasteiger partial charge in [0.15, 0.2) is 0 Å². The zero-order valence-corrected chi connectivity index (χ0v) is 29.5. The van der Waals surface area contributed by atoms with E-state index in [-0.39, 0.29) is 16.7 Å². The summed E-state index contributed by atoms with van der Waals surface area (Å²) in [5.74, 6) is 0.577. The van der Waals surface area contributed by atoms with Crippen LogP contribution >= 0.6 is 54.5 Å². The van der Waals surface area contributed by atoms with E-state index >= 15 is 0 Å². The summed E-state index contributed by atoms with van der Waals surface area (Å²) in [7, 11) is 0. The second-order valence-corrected chi connectivity index (χ2v) is 16.3. The van der Waals surface area contributed by atoms with Crippen LogP contribution in [0.3, 0.4) is 0 Å². The maximum atomic E-state index is 5.41. The minimum atomic E-state index is -0.194. The molecule has 0 spiro atoms. The van der Waals surface area contributed by atoms with Crippen molar-refractivity contribution in [1.29, 1.82) is 0 Å². The van der Waals surface area contributed by atoms with Crippen LogP contribution in [-0.2, 0) is 5.41 Å². The molecule has 3 atom stereocenters. The first kappa shape index (κ1) is 29.6. The number of rotatable bonds is 10. The molecule has 0 bridgehead atoms. The van der Waals surface area contributed by atoms with E-state index in [4.69, 9.17) is 9.97 Å². The molecule has 2 nitrogen and oxygen atoms in total. The maximum Gasteiger partial charge on any atom is 0.0981 e. The van der Waals surface area contributed by atoms with Gasteiger partial charge in [-0.25, -0.2) is 9.97 Å². The predicted octanol–water partition coefficient (Wildman–Crippen LogP) is 11.8. The monoisotopic (exact) mass is 730 g/mol. The first-order chi connectivity index (χ1) is 21.0. The Morgan fingerprint density at radius 3 is 2.14 bits per heavy atom. The summed E-state index contributed by atoms with van der Waals surface area (Å²) in [6, 6.07) is 26.6. The van der Waals surface area contributed by atoms with Gasteiger partial charge in [-0.1, -0.05) is 106 Å². The highest BCUT2D eigenvalue weighted by molar-refractivity contribution is 9.09. The highest BCUT2D eigenvalue weighted by Gasteiger charge is 2.56. The number of fused-ring (bicyclic) bond motifs is 4. The third-order valence-electron chi connectivity index (χ3n) is 9.52. The first-order valence-corrected chi connectivity index (χ1v) is 19.2. The molecule has 0 fully saturated rings. The molecular weight excluding hydrogens is 696 g/mol. The van der Waals surface area contributed by atoms with Crippen molar-refractivity contribution in [1.82, 2.24) is 9.97 Å². The van der Waals surface area contributed by atoms with E-state index in [0.717, 1.165) is 53.8 Å². The van der Waals surface area contributed by atoms with Crippen molar-refractivity contribution in [3.8, 4) is 0 Å². The summed E-state index contributed by atoms with van der Waals surface area (Å²) in [6.45, 7) is 4.95. The van der Waals surface area contributed by atoms with Crippen molar-refractivity contribution in [2.45, 2.75) is 63.2 Å². The standard InChI is InChI=1S/C37H36Br2N2S2/c1-36(2)20-9-12-26-25-11-3-4-13-27(25)37(33(26)36,23-24(19-22-39)34-40-29-15-5-7-17-31(29)42-34)28(14-10-21-38)35-41-30-16-6-8-18-32(30)43-35/h3-9,11-13,15-18,24,28H,10,14,19-23H2,1-2H3. The van der Waals surface area contributed by atoms with Gasteiger partial charge in [-0.3, -0.25) is 0 Å². The largest absolute Gasteiger partial charge is 0.241 e. The fraction of sp³-hybridized carbons (Fsp3) is 0.351. The molecule has 0 saturated heterocycles. The number of halogens is 2. The van der Waals surface area contributed by atoms with Crippen molar-refractivity contribution in [2.75, 3.05) is 10.7 Å². The van der Waals surface area contributed by atoms with Gasteiger partial charge in [-0.2, -0.15) is 0 Å². The Morgan fingerprint density at radius 1 is 0.791 bits per heavy atom. The summed E-state index contributed by atoms with van der Waals surface area (Å²) >= 11 is 11.5. The van der Waals surface area contributed by atoms with Crippen LogP contribution in [-0.4, -0.2) is 20.6 Å². The molecule has 2 heterocycles. The summed E-state index contributed by atoms with van der Waals surface area (Å²) in [4.78, 5) is 10.7. The van der Waals surface area contributed by atoms with Crippen LogP contribution in [0.2, 0.25) is 0 Å². The third kappa shape index (κ3) is 5.10. The number of benzene rings is 3. The molecular formula is C37H36Br2N2S2. The van der Waals surface area contributed by atoms with E-state index in [1.807, 2.05) is 22.7 Å². The quantitative estimate of drug-likeness (QED) is 0.134. The second-order valence-electron chi connectivity index (χ2n) is 12.6. The molecule has 3 aromatic carbocycles. The van der Waals surface area contributed by atoms with E-state index < -0.39 is 0 Å². The fourth-order valence-electron chi connectivity index (χ4n) is 7.85. The summed E-state index contributed by atoms with van der Waals surface area (Å²) in [6.07, 6.45) is 10.1. The molecule has 6 heteroatoms. The summed E-state index contributed by atoms with van der Waals surface area (Å²) in [5.41, 5.74) is 8.02. The average Bonchev–Trinajstić information content (AvgIpc) is 3.71. The lowest BCUT2D eigenvalue weighted by Crippen LogP contribution is -2.41. The number of hydrogen-bond acceptors (Lipinski definition) is 4. The molecule has 0 N–H and O–H groups in total. The molecule has 2 aliphatic rings. The number of aromatic nitrogens is 2. The van der Waals surface area contributed by atoms with E-state index in [2.05, 4.69) is 131 Å². The Labute approximate surface area is 279 Å². The molecule has 220 valence electrons. The number of hydrogen-bond donors (Lipinski definition) is 0. The highest BCUT2D eigenvalue weighted by atomic mass is 79.9. The Balaban J connectivity index is 1.51.